The molecule has 0 saturated carbocycles. The highest BCUT2D eigenvalue weighted by Crippen LogP contribution is 2.20. The Kier molecular flexibility index (Phi) is 14.9. The maximum atomic E-state index is 14.1. The van der Waals surface area contributed by atoms with Gasteiger partial charge in [0.05, 0.1) is 34.0 Å². The summed E-state index contributed by atoms with van der Waals surface area (Å²) in [6, 6.07) is 18.2. The van der Waals surface area contributed by atoms with Gasteiger partial charge >= 0.3 is 12.1 Å². The summed E-state index contributed by atoms with van der Waals surface area (Å²) in [5.41, 5.74) is 4.66. The third-order valence-corrected chi connectivity index (χ3v) is 10.6. The quantitative estimate of drug-likeness (QED) is 0.0866. The minimum atomic E-state index is -0.813. The lowest BCUT2D eigenvalue weighted by Gasteiger charge is -2.27. The number of aromatic nitrogens is 4. The summed E-state index contributed by atoms with van der Waals surface area (Å²) in [4.78, 5) is 55.8. The van der Waals surface area contributed by atoms with E-state index in [2.05, 4.69) is 44.7 Å². The summed E-state index contributed by atoms with van der Waals surface area (Å²) in [5.74, 6) is 0.0282. The predicted octanol–water partition coefficient (Wildman–Crippen LogP) is 6.57. The van der Waals surface area contributed by atoms with Crippen molar-refractivity contribution in [2.24, 2.45) is 0 Å². The minimum Gasteiger partial charge on any atom is -0.444 e. The molecule has 4 amide bonds. The summed E-state index contributed by atoms with van der Waals surface area (Å²) < 4.78 is 7.40. The van der Waals surface area contributed by atoms with Crippen molar-refractivity contribution in [3.63, 3.8) is 0 Å². The molecule has 3 heterocycles. The number of carbonyl (C=O) groups excluding carboxylic acids is 3. The highest BCUT2D eigenvalue weighted by atomic mass is 32.1. The van der Waals surface area contributed by atoms with Crippen molar-refractivity contribution in [1.82, 2.24) is 40.4 Å². The van der Waals surface area contributed by atoms with Crippen molar-refractivity contribution in [3.8, 4) is 0 Å². The fourth-order valence-electron chi connectivity index (χ4n) is 5.81. The lowest BCUT2D eigenvalue weighted by Crippen LogP contribution is -2.53. The first-order valence-corrected chi connectivity index (χ1v) is 19.6. The molecule has 2 aromatic carbocycles. The lowest BCUT2D eigenvalue weighted by atomic mass is 9.95. The van der Waals surface area contributed by atoms with Gasteiger partial charge in [0.2, 0.25) is 5.91 Å². The number of nitrogens with one attached hydrogen (secondary N) is 3. The first-order chi connectivity index (χ1) is 25.7. The molecule has 14 heteroatoms. The van der Waals surface area contributed by atoms with Crippen LogP contribution in [-0.4, -0.2) is 67.6 Å². The number of carbonyl (C=O) groups is 3. The van der Waals surface area contributed by atoms with Gasteiger partial charge in [0.1, 0.15) is 12.6 Å². The molecule has 0 spiro atoms. The van der Waals surface area contributed by atoms with E-state index in [-0.39, 0.29) is 30.6 Å². The lowest BCUT2D eigenvalue weighted by molar-refractivity contribution is -0.124. The van der Waals surface area contributed by atoms with E-state index in [1.54, 1.807) is 47.5 Å². The molecule has 3 N–H and O–H groups in total. The van der Waals surface area contributed by atoms with Crippen LogP contribution in [0.1, 0.15) is 65.7 Å². The SMILES string of the molecule is CC(C)c1nc(CN(C)C(=O)NC(CCn2ccnc2)C(=O)NC(CCC(Cc2ccccc2)NC(=O)OCc2cncs2)Cc2ccccc2)cs1. The molecule has 3 unspecified atom stereocenters. The van der Waals surface area contributed by atoms with Gasteiger partial charge in [-0.15, -0.1) is 22.7 Å². The van der Waals surface area contributed by atoms with E-state index in [0.29, 0.717) is 51.1 Å². The smallest absolute Gasteiger partial charge is 0.407 e. The zero-order chi connectivity index (χ0) is 37.4. The van der Waals surface area contributed by atoms with Gasteiger partial charge in [0.15, 0.2) is 0 Å². The Balaban J connectivity index is 1.28. The number of benzene rings is 2. The second-order valence-corrected chi connectivity index (χ2v) is 15.2. The number of hydrogen-bond donors (Lipinski definition) is 3. The largest absolute Gasteiger partial charge is 0.444 e. The van der Waals surface area contributed by atoms with Crippen molar-refractivity contribution in [2.45, 2.75) is 89.7 Å². The topological polar surface area (TPSA) is 143 Å². The van der Waals surface area contributed by atoms with Crippen LogP contribution in [0, 0.1) is 0 Å². The van der Waals surface area contributed by atoms with Gasteiger partial charge in [0.25, 0.3) is 0 Å². The van der Waals surface area contributed by atoms with Gasteiger partial charge in [-0.3, -0.25) is 9.78 Å². The van der Waals surface area contributed by atoms with Crippen molar-refractivity contribution < 1.29 is 19.1 Å². The first kappa shape index (κ1) is 39.1. The Hall–Kier alpha value is -5.08. The van der Waals surface area contributed by atoms with Crippen LogP contribution in [0.15, 0.2) is 96.5 Å². The normalized spacial score (nSPS) is 12.8. The molecule has 0 aliphatic rings. The maximum absolute atomic E-state index is 14.1. The van der Waals surface area contributed by atoms with Crippen LogP contribution in [0.3, 0.4) is 0 Å². The number of thiazole rings is 2. The number of rotatable bonds is 19. The van der Waals surface area contributed by atoms with Gasteiger partial charge in [-0.1, -0.05) is 74.5 Å². The van der Waals surface area contributed by atoms with Gasteiger partial charge in [-0.2, -0.15) is 0 Å². The van der Waals surface area contributed by atoms with Crippen LogP contribution in [0.4, 0.5) is 9.59 Å². The molecule has 3 atom stereocenters. The number of ether oxygens (including phenoxy) is 1. The predicted molar refractivity (Wildman–Crippen MR) is 208 cm³/mol. The Morgan fingerprint density at radius 2 is 1.55 bits per heavy atom. The Bertz CT molecular complexity index is 1820. The highest BCUT2D eigenvalue weighted by Gasteiger charge is 2.26. The zero-order valence-electron chi connectivity index (χ0n) is 30.4. The van der Waals surface area contributed by atoms with Crippen molar-refractivity contribution in [3.05, 3.63) is 123 Å². The van der Waals surface area contributed by atoms with E-state index in [4.69, 9.17) is 4.74 Å². The summed E-state index contributed by atoms with van der Waals surface area (Å²) in [6.07, 6.45) is 9.05. The molecule has 5 rings (SSSR count). The second-order valence-electron chi connectivity index (χ2n) is 13.3. The monoisotopic (exact) mass is 756 g/mol. The van der Waals surface area contributed by atoms with Gasteiger partial charge < -0.3 is 30.2 Å². The highest BCUT2D eigenvalue weighted by molar-refractivity contribution is 7.09. The Morgan fingerprint density at radius 1 is 0.868 bits per heavy atom. The van der Waals surface area contributed by atoms with Crippen LogP contribution in [0.5, 0.6) is 0 Å². The standard InChI is InChI=1S/C39H48N8O4S2/c1-28(2)37-43-33(25-52-37)23-46(3)38(49)45-35(16-18-47-19-17-40-26-47)36(48)42-31(20-29-10-6-4-7-11-29)14-15-32(21-30-12-8-5-9-13-30)44-39(50)51-24-34-22-41-27-53-34/h4-13,17,19,22,25-28,31-32,35H,14-16,18,20-21,23-24H2,1-3H3,(H,42,48)(H,44,50)(H,45,49). The van der Waals surface area contributed by atoms with E-state index >= 15 is 0 Å². The molecule has 3 aromatic heterocycles. The first-order valence-electron chi connectivity index (χ1n) is 17.8. The number of hydrogen-bond acceptors (Lipinski definition) is 9. The van der Waals surface area contributed by atoms with Gasteiger partial charge in [0, 0.05) is 55.6 Å². The van der Waals surface area contributed by atoms with E-state index in [9.17, 15) is 14.4 Å². The molecule has 0 aliphatic carbocycles. The van der Waals surface area contributed by atoms with Crippen LogP contribution in [0.25, 0.3) is 0 Å². The summed E-state index contributed by atoms with van der Waals surface area (Å²) in [5, 5.41) is 12.3. The molecule has 53 heavy (non-hydrogen) atoms. The zero-order valence-corrected chi connectivity index (χ0v) is 32.0. The average molecular weight is 757 g/mol. The van der Waals surface area contributed by atoms with E-state index in [0.717, 1.165) is 26.7 Å². The van der Waals surface area contributed by atoms with Crippen molar-refractivity contribution in [1.29, 1.82) is 0 Å². The third kappa shape index (κ3) is 13.1. The van der Waals surface area contributed by atoms with E-state index in [1.807, 2.05) is 76.8 Å². The average Bonchev–Trinajstić information content (AvgIpc) is 3.96. The fourth-order valence-corrected chi connectivity index (χ4v) is 7.14. The number of nitrogens with zero attached hydrogens (tertiary/aromatic N) is 5. The number of amides is 4. The Labute approximate surface area is 319 Å². The fraction of sp³-hybridized carbons (Fsp3) is 0.385. The number of imidazole rings is 1. The number of alkyl carbamates (subject to hydrolysis) is 1. The van der Waals surface area contributed by atoms with Crippen molar-refractivity contribution >= 4 is 40.7 Å². The molecular formula is C39H48N8O4S2. The number of aryl methyl sites for hydroxylation is 1. The minimum absolute atomic E-state index is 0.144. The maximum Gasteiger partial charge on any atom is 0.407 e. The van der Waals surface area contributed by atoms with Crippen LogP contribution in [-0.2, 0) is 42.1 Å². The van der Waals surface area contributed by atoms with E-state index < -0.39 is 12.1 Å². The summed E-state index contributed by atoms with van der Waals surface area (Å²) in [7, 11) is 1.70. The van der Waals surface area contributed by atoms with Gasteiger partial charge in [-0.25, -0.2) is 19.6 Å². The molecule has 0 fully saturated rings. The van der Waals surface area contributed by atoms with Crippen LogP contribution >= 0.6 is 22.7 Å². The van der Waals surface area contributed by atoms with E-state index in [1.165, 1.54) is 11.3 Å². The number of urea groups is 1. The molecule has 0 radical (unpaired) electrons. The summed E-state index contributed by atoms with van der Waals surface area (Å²) >= 11 is 3.01. The van der Waals surface area contributed by atoms with Gasteiger partial charge in [-0.05, 0) is 43.2 Å². The molecule has 0 saturated heterocycles. The second kappa shape index (κ2) is 20.2. The molecule has 12 nitrogen and oxygen atoms in total. The third-order valence-electron chi connectivity index (χ3n) is 8.67. The molecule has 5 aromatic rings. The van der Waals surface area contributed by atoms with Crippen molar-refractivity contribution in [2.75, 3.05) is 7.05 Å². The van der Waals surface area contributed by atoms with Crippen LogP contribution < -0.4 is 16.0 Å². The van der Waals surface area contributed by atoms with Crippen LogP contribution in [0.2, 0.25) is 0 Å². The Morgan fingerprint density at radius 3 is 2.13 bits per heavy atom. The molecule has 0 aliphatic heterocycles. The summed E-state index contributed by atoms with van der Waals surface area (Å²) in [6.45, 7) is 5.14. The molecule has 0 bridgehead atoms. The molecule has 280 valence electrons. The molecular weight excluding hydrogens is 709 g/mol.